The molecule has 3 aromatic rings. The molecular formula is C26H28F3N5O2. The Morgan fingerprint density at radius 1 is 0.944 bits per heavy atom. The number of nitrogens with zero attached hydrogens (tertiary/aromatic N) is 5. The Hall–Kier alpha value is -3.40. The van der Waals surface area contributed by atoms with Gasteiger partial charge in [0, 0.05) is 43.3 Å². The Morgan fingerprint density at radius 2 is 1.67 bits per heavy atom. The van der Waals surface area contributed by atoms with Crippen LogP contribution in [0.3, 0.4) is 0 Å². The van der Waals surface area contributed by atoms with E-state index in [1.807, 2.05) is 40.1 Å². The van der Waals surface area contributed by atoms with Gasteiger partial charge in [-0.2, -0.15) is 18.2 Å². The molecule has 2 aliphatic heterocycles. The van der Waals surface area contributed by atoms with E-state index in [9.17, 15) is 18.0 Å². The molecule has 5 rings (SSSR count). The molecule has 0 spiro atoms. The van der Waals surface area contributed by atoms with Crippen molar-refractivity contribution in [3.63, 3.8) is 0 Å². The predicted octanol–water partition coefficient (Wildman–Crippen LogP) is 4.32. The molecule has 0 saturated carbocycles. The second-order valence-corrected chi connectivity index (χ2v) is 9.29. The lowest BCUT2D eigenvalue weighted by Gasteiger charge is -2.39. The summed E-state index contributed by atoms with van der Waals surface area (Å²) in [5.74, 6) is 1.23. The molecule has 2 fully saturated rings. The third kappa shape index (κ3) is 5.53. The van der Waals surface area contributed by atoms with Gasteiger partial charge in [-0.1, -0.05) is 41.6 Å². The van der Waals surface area contributed by atoms with Crippen LogP contribution in [0.15, 0.2) is 59.1 Å². The molecule has 0 aliphatic carbocycles. The number of alkyl halides is 3. The normalized spacial score (nSPS) is 18.0. The Kier molecular flexibility index (Phi) is 6.95. The predicted molar refractivity (Wildman–Crippen MR) is 128 cm³/mol. The average Bonchev–Trinajstić information content (AvgIpc) is 3.37. The summed E-state index contributed by atoms with van der Waals surface area (Å²) in [6.45, 7) is 4.16. The van der Waals surface area contributed by atoms with Gasteiger partial charge >= 0.3 is 6.18 Å². The summed E-state index contributed by atoms with van der Waals surface area (Å²) in [4.78, 5) is 23.6. The van der Waals surface area contributed by atoms with Gasteiger partial charge in [0.05, 0.1) is 12.1 Å². The van der Waals surface area contributed by atoms with Crippen LogP contribution in [0.5, 0.6) is 0 Å². The fourth-order valence-electron chi connectivity index (χ4n) is 4.88. The zero-order valence-electron chi connectivity index (χ0n) is 19.8. The van der Waals surface area contributed by atoms with Crippen LogP contribution in [0, 0.1) is 5.92 Å². The van der Waals surface area contributed by atoms with Gasteiger partial charge < -0.3 is 14.3 Å². The molecule has 3 heterocycles. The molecule has 2 saturated heterocycles. The standard InChI is InChI=1S/C26H28F3N5O2/c27-26(28,29)21-7-4-8-22(17-21)33-13-15-34(16-14-33)25(35)20-9-11-32(12-10-20)18-23-30-24(31-36-23)19-5-2-1-3-6-19/h1-8,17,20H,9-16,18H2. The monoisotopic (exact) mass is 499 g/mol. The zero-order valence-corrected chi connectivity index (χ0v) is 19.8. The molecule has 190 valence electrons. The van der Waals surface area contributed by atoms with Crippen molar-refractivity contribution < 1.29 is 22.5 Å². The molecule has 1 amide bonds. The van der Waals surface area contributed by atoms with Crippen LogP contribution in [0.4, 0.5) is 18.9 Å². The highest BCUT2D eigenvalue weighted by atomic mass is 19.4. The Morgan fingerprint density at radius 3 is 2.36 bits per heavy atom. The van der Waals surface area contributed by atoms with Crippen molar-refractivity contribution >= 4 is 11.6 Å². The van der Waals surface area contributed by atoms with Crippen molar-refractivity contribution in [1.82, 2.24) is 19.9 Å². The first-order valence-corrected chi connectivity index (χ1v) is 12.2. The van der Waals surface area contributed by atoms with E-state index in [0.29, 0.717) is 50.1 Å². The minimum absolute atomic E-state index is 0.0380. The maximum Gasteiger partial charge on any atom is 0.416 e. The molecule has 0 bridgehead atoms. The number of benzene rings is 2. The number of hydrogen-bond donors (Lipinski definition) is 0. The van der Waals surface area contributed by atoms with Crippen molar-refractivity contribution in [3.8, 4) is 11.4 Å². The summed E-state index contributed by atoms with van der Waals surface area (Å²) in [5.41, 5.74) is 0.800. The molecule has 10 heteroatoms. The number of piperazine rings is 1. The topological polar surface area (TPSA) is 65.7 Å². The van der Waals surface area contributed by atoms with Gasteiger partial charge in [0.25, 0.3) is 0 Å². The van der Waals surface area contributed by atoms with E-state index in [2.05, 4.69) is 15.0 Å². The van der Waals surface area contributed by atoms with Gasteiger partial charge in [-0.25, -0.2) is 0 Å². The second kappa shape index (κ2) is 10.3. The fraction of sp³-hybridized carbons (Fsp3) is 0.423. The molecule has 2 aliphatic rings. The first-order valence-electron chi connectivity index (χ1n) is 12.2. The third-order valence-electron chi connectivity index (χ3n) is 6.93. The summed E-state index contributed by atoms with van der Waals surface area (Å²) >= 11 is 0. The lowest BCUT2D eigenvalue weighted by molar-refractivity contribution is -0.138. The van der Waals surface area contributed by atoms with Gasteiger partial charge in [0.1, 0.15) is 0 Å². The van der Waals surface area contributed by atoms with Crippen LogP contribution in [0.25, 0.3) is 11.4 Å². The summed E-state index contributed by atoms with van der Waals surface area (Å²) in [6, 6.07) is 15.0. The number of carbonyl (C=O) groups is 1. The number of hydrogen-bond acceptors (Lipinski definition) is 6. The summed E-state index contributed by atoms with van der Waals surface area (Å²) < 4.78 is 44.5. The van der Waals surface area contributed by atoms with Gasteiger partial charge in [-0.3, -0.25) is 9.69 Å². The molecule has 1 aromatic heterocycles. The van der Waals surface area contributed by atoms with E-state index in [-0.39, 0.29) is 11.8 Å². The van der Waals surface area contributed by atoms with Crippen LogP contribution >= 0.6 is 0 Å². The lowest BCUT2D eigenvalue weighted by Crippen LogP contribution is -2.51. The number of aromatic nitrogens is 2. The number of rotatable bonds is 5. The van der Waals surface area contributed by atoms with Crippen LogP contribution in [0.1, 0.15) is 24.3 Å². The molecule has 0 atom stereocenters. The number of amides is 1. The van der Waals surface area contributed by atoms with Crippen LogP contribution in [0.2, 0.25) is 0 Å². The van der Waals surface area contributed by atoms with E-state index < -0.39 is 11.7 Å². The van der Waals surface area contributed by atoms with E-state index in [0.717, 1.165) is 37.6 Å². The van der Waals surface area contributed by atoms with Crippen molar-refractivity contribution in [3.05, 3.63) is 66.1 Å². The quantitative estimate of drug-likeness (QED) is 0.521. The SMILES string of the molecule is O=C(C1CCN(Cc2nc(-c3ccccc3)no2)CC1)N1CCN(c2cccc(C(F)(F)F)c2)CC1. The minimum Gasteiger partial charge on any atom is -0.368 e. The Bertz CT molecular complexity index is 1170. The summed E-state index contributed by atoms with van der Waals surface area (Å²) in [7, 11) is 0. The van der Waals surface area contributed by atoms with Crippen LogP contribution in [-0.4, -0.2) is 65.1 Å². The zero-order chi connectivity index (χ0) is 25.1. The van der Waals surface area contributed by atoms with Crippen molar-refractivity contribution in [2.75, 3.05) is 44.2 Å². The van der Waals surface area contributed by atoms with Crippen molar-refractivity contribution in [2.24, 2.45) is 5.92 Å². The van der Waals surface area contributed by atoms with Crippen LogP contribution in [-0.2, 0) is 17.5 Å². The van der Waals surface area contributed by atoms with Crippen molar-refractivity contribution in [2.45, 2.75) is 25.6 Å². The molecular weight excluding hydrogens is 471 g/mol. The summed E-state index contributed by atoms with van der Waals surface area (Å²) in [5, 5.41) is 4.07. The van der Waals surface area contributed by atoms with E-state index >= 15 is 0 Å². The smallest absolute Gasteiger partial charge is 0.368 e. The number of carbonyl (C=O) groups excluding carboxylic acids is 1. The number of piperidine rings is 1. The molecule has 7 nitrogen and oxygen atoms in total. The van der Waals surface area contributed by atoms with Gasteiger partial charge in [0.2, 0.25) is 17.6 Å². The fourth-order valence-corrected chi connectivity index (χ4v) is 4.88. The molecule has 0 N–H and O–H groups in total. The van der Waals surface area contributed by atoms with E-state index in [1.165, 1.54) is 12.1 Å². The Labute approximate surface area is 207 Å². The maximum absolute atomic E-state index is 13.1. The Balaban J connectivity index is 1.09. The van der Waals surface area contributed by atoms with Crippen molar-refractivity contribution in [1.29, 1.82) is 0 Å². The van der Waals surface area contributed by atoms with Gasteiger partial charge in [-0.15, -0.1) is 0 Å². The molecule has 0 radical (unpaired) electrons. The first kappa shape index (κ1) is 24.3. The first-order chi connectivity index (χ1) is 17.4. The number of likely N-dealkylation sites (tertiary alicyclic amines) is 1. The molecule has 36 heavy (non-hydrogen) atoms. The number of anilines is 1. The third-order valence-corrected chi connectivity index (χ3v) is 6.93. The average molecular weight is 500 g/mol. The molecule has 2 aromatic carbocycles. The molecule has 0 unspecified atom stereocenters. The van der Waals surface area contributed by atoms with Gasteiger partial charge in [0.15, 0.2) is 0 Å². The highest BCUT2D eigenvalue weighted by molar-refractivity contribution is 5.79. The van der Waals surface area contributed by atoms with E-state index in [1.54, 1.807) is 6.07 Å². The highest BCUT2D eigenvalue weighted by Gasteiger charge is 2.33. The van der Waals surface area contributed by atoms with Gasteiger partial charge in [-0.05, 0) is 44.1 Å². The minimum atomic E-state index is -4.36. The maximum atomic E-state index is 13.1. The van der Waals surface area contributed by atoms with Crippen LogP contribution < -0.4 is 4.90 Å². The highest BCUT2D eigenvalue weighted by Crippen LogP contribution is 2.32. The number of halogens is 3. The largest absolute Gasteiger partial charge is 0.416 e. The van der Waals surface area contributed by atoms with E-state index in [4.69, 9.17) is 4.52 Å². The lowest BCUT2D eigenvalue weighted by atomic mass is 9.95. The second-order valence-electron chi connectivity index (χ2n) is 9.29. The summed E-state index contributed by atoms with van der Waals surface area (Å²) in [6.07, 6.45) is -2.85.